The van der Waals surface area contributed by atoms with Gasteiger partial charge in [-0.2, -0.15) is 0 Å². The first kappa shape index (κ1) is 8.80. The molecule has 2 rings (SSSR count). The summed E-state index contributed by atoms with van der Waals surface area (Å²) in [5.74, 6) is 0.851. The van der Waals surface area contributed by atoms with Gasteiger partial charge in [-0.05, 0) is 24.3 Å². The lowest BCUT2D eigenvalue weighted by Crippen LogP contribution is -1.95. The molecular formula is C13H18. The monoisotopic (exact) mass is 174 g/mol. The van der Waals surface area contributed by atoms with Crippen molar-refractivity contribution < 1.29 is 0 Å². The van der Waals surface area contributed by atoms with Crippen LogP contribution in [0.4, 0.5) is 0 Å². The van der Waals surface area contributed by atoms with E-state index in [9.17, 15) is 0 Å². The van der Waals surface area contributed by atoms with Gasteiger partial charge in [-0.3, -0.25) is 0 Å². The van der Waals surface area contributed by atoms with Crippen LogP contribution in [0.25, 0.3) is 0 Å². The van der Waals surface area contributed by atoms with Crippen molar-refractivity contribution in [2.75, 3.05) is 0 Å². The summed E-state index contributed by atoms with van der Waals surface area (Å²) in [6, 6.07) is 11.0. The molecule has 0 saturated heterocycles. The molecule has 0 heterocycles. The van der Waals surface area contributed by atoms with Crippen molar-refractivity contribution in [3.8, 4) is 0 Å². The summed E-state index contributed by atoms with van der Waals surface area (Å²) >= 11 is 0. The van der Waals surface area contributed by atoms with E-state index in [0.717, 1.165) is 5.92 Å². The SMILES string of the molecule is c1ccc(C2CCCCCC2)cc1. The minimum absolute atomic E-state index is 0.851. The fourth-order valence-corrected chi connectivity index (χ4v) is 2.34. The summed E-state index contributed by atoms with van der Waals surface area (Å²) in [6.45, 7) is 0. The molecule has 0 N–H and O–H groups in total. The molecule has 0 heteroatoms. The third-order valence-electron chi connectivity index (χ3n) is 3.13. The molecule has 1 fully saturated rings. The van der Waals surface area contributed by atoms with E-state index in [-0.39, 0.29) is 0 Å². The summed E-state index contributed by atoms with van der Waals surface area (Å²) < 4.78 is 0. The zero-order chi connectivity index (χ0) is 8.93. The van der Waals surface area contributed by atoms with Gasteiger partial charge >= 0.3 is 0 Å². The third-order valence-corrected chi connectivity index (χ3v) is 3.13. The molecule has 1 aromatic rings. The summed E-state index contributed by atoms with van der Waals surface area (Å²) in [7, 11) is 0. The predicted octanol–water partition coefficient (Wildman–Crippen LogP) is 4.12. The lowest BCUT2D eigenvalue weighted by molar-refractivity contribution is 0.592. The van der Waals surface area contributed by atoms with E-state index >= 15 is 0 Å². The number of hydrogen-bond acceptors (Lipinski definition) is 0. The van der Waals surface area contributed by atoms with E-state index in [1.165, 1.54) is 38.5 Å². The van der Waals surface area contributed by atoms with Crippen LogP contribution in [0.1, 0.15) is 50.0 Å². The van der Waals surface area contributed by atoms with Crippen LogP contribution < -0.4 is 0 Å². The van der Waals surface area contributed by atoms with Crippen molar-refractivity contribution in [3.63, 3.8) is 0 Å². The predicted molar refractivity (Wildman–Crippen MR) is 56.9 cm³/mol. The fourth-order valence-electron chi connectivity index (χ4n) is 2.34. The van der Waals surface area contributed by atoms with Crippen LogP contribution in [0, 0.1) is 0 Å². The quantitative estimate of drug-likeness (QED) is 0.562. The maximum absolute atomic E-state index is 2.29. The Balaban J connectivity index is 2.06. The van der Waals surface area contributed by atoms with Gasteiger partial charge < -0.3 is 0 Å². The maximum atomic E-state index is 2.29. The van der Waals surface area contributed by atoms with Crippen molar-refractivity contribution in [2.45, 2.75) is 44.4 Å². The van der Waals surface area contributed by atoms with Gasteiger partial charge in [0, 0.05) is 0 Å². The Bertz CT molecular complexity index is 229. The second kappa shape index (κ2) is 4.45. The number of rotatable bonds is 1. The minimum atomic E-state index is 0.851. The Kier molecular flexibility index (Phi) is 3.02. The van der Waals surface area contributed by atoms with E-state index in [2.05, 4.69) is 30.3 Å². The number of benzene rings is 1. The van der Waals surface area contributed by atoms with Crippen LogP contribution in [0.2, 0.25) is 0 Å². The molecular weight excluding hydrogens is 156 g/mol. The molecule has 0 spiro atoms. The smallest absolute Gasteiger partial charge is 0.0162 e. The molecule has 0 nitrogen and oxygen atoms in total. The van der Waals surface area contributed by atoms with Gasteiger partial charge in [0.2, 0.25) is 0 Å². The second-order valence-electron chi connectivity index (χ2n) is 4.10. The van der Waals surface area contributed by atoms with E-state index in [4.69, 9.17) is 0 Å². The molecule has 0 radical (unpaired) electrons. The number of hydrogen-bond donors (Lipinski definition) is 0. The van der Waals surface area contributed by atoms with Gasteiger partial charge in [-0.25, -0.2) is 0 Å². The van der Waals surface area contributed by atoms with Crippen LogP contribution in [0.15, 0.2) is 30.3 Å². The molecule has 0 amide bonds. The van der Waals surface area contributed by atoms with Gasteiger partial charge in [0.15, 0.2) is 0 Å². The molecule has 70 valence electrons. The third kappa shape index (κ3) is 2.33. The fraction of sp³-hybridized carbons (Fsp3) is 0.538. The standard InChI is InChI=1S/C13H18/c1-2-5-9-12(8-4-1)13-10-6-3-7-11-13/h3,6-7,10-12H,1-2,4-5,8-9H2. The first-order chi connectivity index (χ1) is 6.47. The van der Waals surface area contributed by atoms with Crippen molar-refractivity contribution in [3.05, 3.63) is 35.9 Å². The molecule has 1 saturated carbocycles. The maximum Gasteiger partial charge on any atom is -0.0162 e. The lowest BCUT2D eigenvalue weighted by Gasteiger charge is -2.13. The van der Waals surface area contributed by atoms with Crippen LogP contribution in [0.5, 0.6) is 0 Å². The topological polar surface area (TPSA) is 0 Å². The summed E-state index contributed by atoms with van der Waals surface area (Å²) in [5, 5.41) is 0. The highest BCUT2D eigenvalue weighted by atomic mass is 14.2. The van der Waals surface area contributed by atoms with E-state index in [1.54, 1.807) is 5.56 Å². The summed E-state index contributed by atoms with van der Waals surface area (Å²) in [4.78, 5) is 0. The second-order valence-corrected chi connectivity index (χ2v) is 4.10. The van der Waals surface area contributed by atoms with Crippen LogP contribution >= 0.6 is 0 Å². The van der Waals surface area contributed by atoms with Gasteiger partial charge in [0.1, 0.15) is 0 Å². The molecule has 0 aliphatic heterocycles. The molecule has 0 bridgehead atoms. The van der Waals surface area contributed by atoms with Crippen LogP contribution in [0.3, 0.4) is 0 Å². The molecule has 0 aromatic heterocycles. The van der Waals surface area contributed by atoms with Gasteiger partial charge in [0.05, 0.1) is 0 Å². The normalized spacial score (nSPS) is 19.7. The lowest BCUT2D eigenvalue weighted by atomic mass is 9.92. The average Bonchev–Trinajstić information content (AvgIpc) is 2.47. The highest BCUT2D eigenvalue weighted by Gasteiger charge is 2.13. The molecule has 13 heavy (non-hydrogen) atoms. The summed E-state index contributed by atoms with van der Waals surface area (Å²) in [6.07, 6.45) is 8.57. The minimum Gasteiger partial charge on any atom is -0.0622 e. The van der Waals surface area contributed by atoms with Gasteiger partial charge in [-0.1, -0.05) is 56.0 Å². The highest BCUT2D eigenvalue weighted by molar-refractivity contribution is 5.19. The summed E-state index contributed by atoms with van der Waals surface area (Å²) in [5.41, 5.74) is 1.56. The molecule has 0 unspecified atom stereocenters. The van der Waals surface area contributed by atoms with E-state index < -0.39 is 0 Å². The Morgan fingerprint density at radius 1 is 0.769 bits per heavy atom. The van der Waals surface area contributed by atoms with E-state index in [1.807, 2.05) is 0 Å². The Labute approximate surface area is 81.0 Å². The highest BCUT2D eigenvalue weighted by Crippen LogP contribution is 2.31. The molecule has 1 aromatic carbocycles. The Morgan fingerprint density at radius 3 is 2.00 bits per heavy atom. The zero-order valence-corrected chi connectivity index (χ0v) is 8.21. The van der Waals surface area contributed by atoms with Crippen molar-refractivity contribution in [1.29, 1.82) is 0 Å². The Hall–Kier alpha value is -0.780. The zero-order valence-electron chi connectivity index (χ0n) is 8.21. The first-order valence-corrected chi connectivity index (χ1v) is 5.52. The van der Waals surface area contributed by atoms with Crippen molar-refractivity contribution in [2.24, 2.45) is 0 Å². The van der Waals surface area contributed by atoms with Gasteiger partial charge in [0.25, 0.3) is 0 Å². The Morgan fingerprint density at radius 2 is 1.38 bits per heavy atom. The molecule has 1 aliphatic rings. The van der Waals surface area contributed by atoms with E-state index in [0.29, 0.717) is 0 Å². The van der Waals surface area contributed by atoms with Crippen molar-refractivity contribution in [1.82, 2.24) is 0 Å². The van der Waals surface area contributed by atoms with Crippen LogP contribution in [-0.4, -0.2) is 0 Å². The van der Waals surface area contributed by atoms with Gasteiger partial charge in [-0.15, -0.1) is 0 Å². The molecule has 0 atom stereocenters. The van der Waals surface area contributed by atoms with Crippen LogP contribution in [-0.2, 0) is 0 Å². The first-order valence-electron chi connectivity index (χ1n) is 5.52. The largest absolute Gasteiger partial charge is 0.0622 e. The average molecular weight is 174 g/mol. The molecule has 1 aliphatic carbocycles. The van der Waals surface area contributed by atoms with Crippen molar-refractivity contribution >= 4 is 0 Å².